The van der Waals surface area contributed by atoms with E-state index in [1.807, 2.05) is 0 Å². The molecule has 0 fully saturated rings. The molecule has 0 amide bonds. The molecule has 37 heavy (non-hydrogen) atoms. The first kappa shape index (κ1) is 35.9. The summed E-state index contributed by atoms with van der Waals surface area (Å²) in [6, 6.07) is 0. The Morgan fingerprint density at radius 1 is 0.595 bits per heavy atom. The summed E-state index contributed by atoms with van der Waals surface area (Å²) in [4.78, 5) is 23.3. The fourth-order valence-corrected chi connectivity index (χ4v) is 5.86. The Hall–Kier alpha value is -1.06. The van der Waals surface area contributed by atoms with Crippen molar-refractivity contribution in [2.45, 2.75) is 182 Å². The van der Waals surface area contributed by atoms with Gasteiger partial charge in [-0.1, -0.05) is 150 Å². The maximum Gasteiger partial charge on any atom is 0.309 e. The van der Waals surface area contributed by atoms with Gasteiger partial charge in [-0.05, 0) is 37.5 Å². The van der Waals surface area contributed by atoms with Crippen molar-refractivity contribution in [2.24, 2.45) is 17.3 Å². The molecule has 4 heteroatoms. The van der Waals surface area contributed by atoms with Gasteiger partial charge >= 0.3 is 11.9 Å². The van der Waals surface area contributed by atoms with Crippen LogP contribution in [0.1, 0.15) is 182 Å². The topological polar surface area (TPSA) is 74.6 Å². The molecule has 0 aliphatic heterocycles. The van der Waals surface area contributed by atoms with Gasteiger partial charge in [-0.3, -0.25) is 9.59 Å². The second kappa shape index (κ2) is 24.0. The van der Waals surface area contributed by atoms with Crippen LogP contribution in [0.25, 0.3) is 0 Å². The van der Waals surface area contributed by atoms with E-state index >= 15 is 0 Å². The fourth-order valence-electron chi connectivity index (χ4n) is 5.86. The summed E-state index contributed by atoms with van der Waals surface area (Å²) < 4.78 is 0. The molecule has 0 spiro atoms. The highest BCUT2D eigenvalue weighted by Gasteiger charge is 2.39. The fraction of sp³-hybridized carbons (Fsp3) is 0.939. The predicted octanol–water partition coefficient (Wildman–Crippen LogP) is 10.8. The van der Waals surface area contributed by atoms with Crippen LogP contribution in [0.2, 0.25) is 0 Å². The average molecular weight is 525 g/mol. The number of hydrogen-bond acceptors (Lipinski definition) is 2. The molecule has 0 saturated heterocycles. The molecule has 0 heterocycles. The van der Waals surface area contributed by atoms with Crippen molar-refractivity contribution in [3.05, 3.63) is 0 Å². The molecule has 0 aromatic heterocycles. The number of hydrogen-bond donors (Lipinski definition) is 2. The second-order valence-electron chi connectivity index (χ2n) is 12.2. The Kier molecular flexibility index (Phi) is 23.3. The van der Waals surface area contributed by atoms with E-state index in [0.717, 1.165) is 57.8 Å². The van der Waals surface area contributed by atoms with Gasteiger partial charge in [-0.2, -0.15) is 0 Å². The van der Waals surface area contributed by atoms with Crippen LogP contribution in [0.5, 0.6) is 0 Å². The maximum absolute atomic E-state index is 12.8. The SMILES string of the molecule is CCCCCCCC(CCCCCCC)(CC(CCCCCCCCCCCC(=O)O)C(C)C)C(=O)O. The highest BCUT2D eigenvalue weighted by molar-refractivity contribution is 5.74. The van der Waals surface area contributed by atoms with Gasteiger partial charge in [0.05, 0.1) is 5.41 Å². The Balaban J connectivity index is 4.66. The molecular weight excluding hydrogens is 460 g/mol. The standard InChI is InChI=1S/C33H64O4/c1-5-7-9-18-22-26-33(32(36)37,27-23-19-10-8-6-2)28-30(29(3)4)24-20-16-14-12-11-13-15-17-21-25-31(34)35/h29-30H,5-28H2,1-4H3,(H,34,35)(H,36,37). The minimum absolute atomic E-state index is 0.303. The van der Waals surface area contributed by atoms with Crippen molar-refractivity contribution < 1.29 is 19.8 Å². The molecule has 1 atom stereocenters. The number of carboxylic acids is 2. The molecule has 0 bridgehead atoms. The van der Waals surface area contributed by atoms with Crippen molar-refractivity contribution in [3.63, 3.8) is 0 Å². The van der Waals surface area contributed by atoms with Gasteiger partial charge in [0.15, 0.2) is 0 Å². The summed E-state index contributed by atoms with van der Waals surface area (Å²) in [5.41, 5.74) is -0.534. The highest BCUT2D eigenvalue weighted by Crippen LogP contribution is 2.42. The van der Waals surface area contributed by atoms with Gasteiger partial charge in [-0.15, -0.1) is 0 Å². The Labute approximate surface area is 230 Å². The molecule has 0 aliphatic rings. The van der Waals surface area contributed by atoms with Crippen LogP contribution in [0.3, 0.4) is 0 Å². The third kappa shape index (κ3) is 19.6. The predicted molar refractivity (Wildman–Crippen MR) is 158 cm³/mol. The van der Waals surface area contributed by atoms with Crippen LogP contribution < -0.4 is 0 Å². The van der Waals surface area contributed by atoms with Gasteiger partial charge in [0.25, 0.3) is 0 Å². The van der Waals surface area contributed by atoms with Crippen LogP contribution in [0.4, 0.5) is 0 Å². The molecule has 220 valence electrons. The number of rotatable bonds is 28. The quantitative estimate of drug-likeness (QED) is 0.0998. The first-order valence-electron chi connectivity index (χ1n) is 16.2. The van der Waals surface area contributed by atoms with E-state index in [1.54, 1.807) is 0 Å². The lowest BCUT2D eigenvalue weighted by Crippen LogP contribution is -2.35. The van der Waals surface area contributed by atoms with E-state index in [1.165, 1.54) is 89.9 Å². The minimum atomic E-state index is -0.681. The maximum atomic E-state index is 12.8. The van der Waals surface area contributed by atoms with E-state index in [9.17, 15) is 14.7 Å². The third-order valence-corrected chi connectivity index (χ3v) is 8.53. The Bertz CT molecular complexity index is 528. The molecule has 0 rings (SSSR count). The number of carbonyl (C=O) groups is 2. The van der Waals surface area contributed by atoms with Crippen molar-refractivity contribution in [3.8, 4) is 0 Å². The lowest BCUT2D eigenvalue weighted by Gasteiger charge is -2.35. The normalized spacial score (nSPS) is 12.8. The first-order chi connectivity index (χ1) is 17.8. The summed E-state index contributed by atoms with van der Waals surface area (Å²) in [5, 5.41) is 19.2. The summed E-state index contributed by atoms with van der Waals surface area (Å²) in [5.74, 6) is -0.187. The average Bonchev–Trinajstić information content (AvgIpc) is 2.85. The Morgan fingerprint density at radius 2 is 1.00 bits per heavy atom. The molecule has 2 N–H and O–H groups in total. The van der Waals surface area contributed by atoms with Gasteiger partial charge < -0.3 is 10.2 Å². The molecule has 0 radical (unpaired) electrons. The molecule has 4 nitrogen and oxygen atoms in total. The van der Waals surface area contributed by atoms with E-state index < -0.39 is 17.4 Å². The number of carboxylic acid groups (broad SMARTS) is 2. The second-order valence-corrected chi connectivity index (χ2v) is 12.2. The number of aliphatic carboxylic acids is 2. The first-order valence-corrected chi connectivity index (χ1v) is 16.2. The van der Waals surface area contributed by atoms with Crippen LogP contribution in [-0.2, 0) is 9.59 Å². The summed E-state index contributed by atoms with van der Waals surface area (Å²) >= 11 is 0. The van der Waals surface area contributed by atoms with Crippen LogP contribution in [0.15, 0.2) is 0 Å². The lowest BCUT2D eigenvalue weighted by atomic mass is 9.68. The number of unbranched alkanes of at least 4 members (excludes halogenated alkanes) is 16. The van der Waals surface area contributed by atoms with E-state index in [4.69, 9.17) is 5.11 Å². The summed E-state index contributed by atoms with van der Waals surface area (Å²) in [7, 11) is 0. The van der Waals surface area contributed by atoms with E-state index in [0.29, 0.717) is 18.3 Å². The monoisotopic (exact) mass is 524 g/mol. The van der Waals surface area contributed by atoms with Gasteiger partial charge in [0.1, 0.15) is 0 Å². The van der Waals surface area contributed by atoms with Crippen LogP contribution in [-0.4, -0.2) is 22.2 Å². The van der Waals surface area contributed by atoms with Gasteiger partial charge in [0, 0.05) is 6.42 Å². The minimum Gasteiger partial charge on any atom is -0.481 e. The smallest absolute Gasteiger partial charge is 0.309 e. The summed E-state index contributed by atoms with van der Waals surface area (Å²) in [6.07, 6.45) is 26.4. The zero-order chi connectivity index (χ0) is 27.8. The van der Waals surface area contributed by atoms with Crippen LogP contribution >= 0.6 is 0 Å². The summed E-state index contributed by atoms with van der Waals surface area (Å²) in [6.45, 7) is 9.06. The van der Waals surface area contributed by atoms with E-state index in [2.05, 4.69) is 27.7 Å². The van der Waals surface area contributed by atoms with Crippen molar-refractivity contribution in [1.82, 2.24) is 0 Å². The highest BCUT2D eigenvalue weighted by atomic mass is 16.4. The zero-order valence-corrected chi connectivity index (χ0v) is 25.3. The lowest BCUT2D eigenvalue weighted by molar-refractivity contribution is -0.152. The zero-order valence-electron chi connectivity index (χ0n) is 25.3. The van der Waals surface area contributed by atoms with Gasteiger partial charge in [-0.25, -0.2) is 0 Å². The van der Waals surface area contributed by atoms with Crippen molar-refractivity contribution in [1.29, 1.82) is 0 Å². The third-order valence-electron chi connectivity index (χ3n) is 8.53. The molecule has 0 saturated carbocycles. The Morgan fingerprint density at radius 3 is 1.41 bits per heavy atom. The van der Waals surface area contributed by atoms with Crippen LogP contribution in [0, 0.1) is 17.3 Å². The van der Waals surface area contributed by atoms with Crippen molar-refractivity contribution in [2.75, 3.05) is 0 Å². The molecular formula is C33H64O4. The van der Waals surface area contributed by atoms with Crippen molar-refractivity contribution >= 4 is 11.9 Å². The largest absolute Gasteiger partial charge is 0.481 e. The molecule has 0 aromatic carbocycles. The molecule has 0 aromatic rings. The molecule has 0 aliphatic carbocycles. The van der Waals surface area contributed by atoms with Gasteiger partial charge in [0.2, 0.25) is 0 Å². The van der Waals surface area contributed by atoms with E-state index in [-0.39, 0.29) is 0 Å². The molecule has 1 unspecified atom stereocenters.